The smallest absolute Gasteiger partial charge is 0.354 e. The molecule has 3 aliphatic rings. The van der Waals surface area contributed by atoms with Gasteiger partial charge < -0.3 is 15.1 Å². The summed E-state index contributed by atoms with van der Waals surface area (Å²) < 4.78 is 39.7. The number of hydrogen-bond acceptors (Lipinski definition) is 5. The molecule has 0 bridgehead atoms. The second-order valence-corrected chi connectivity index (χ2v) is 8.64. The minimum atomic E-state index is -4.29. The van der Waals surface area contributed by atoms with Crippen LogP contribution >= 0.6 is 11.3 Å². The lowest BCUT2D eigenvalue weighted by atomic mass is 10.0. The van der Waals surface area contributed by atoms with Gasteiger partial charge in [-0.2, -0.15) is 13.2 Å². The van der Waals surface area contributed by atoms with Gasteiger partial charge in [-0.1, -0.05) is 24.3 Å². The van der Waals surface area contributed by atoms with E-state index in [0.717, 1.165) is 44.2 Å². The topological polar surface area (TPSA) is 21.8 Å². The van der Waals surface area contributed by atoms with Crippen molar-refractivity contribution in [2.75, 3.05) is 49.5 Å². The summed E-state index contributed by atoms with van der Waals surface area (Å²) in [7, 11) is 0. The highest BCUT2D eigenvalue weighted by Gasteiger charge is 2.33. The van der Waals surface area contributed by atoms with Gasteiger partial charge in [-0.25, -0.2) is 0 Å². The maximum absolute atomic E-state index is 13.2. The lowest BCUT2D eigenvalue weighted by Crippen LogP contribution is -2.48. The quantitative estimate of drug-likeness (QED) is 0.762. The third kappa shape index (κ3) is 3.58. The molecule has 1 N–H and O–H groups in total. The fraction of sp³-hybridized carbons (Fsp3) is 0.364. The summed E-state index contributed by atoms with van der Waals surface area (Å²) in [6.45, 7) is 4.93. The van der Waals surface area contributed by atoms with Gasteiger partial charge in [-0.15, -0.1) is 11.3 Å². The van der Waals surface area contributed by atoms with Gasteiger partial charge in [0.2, 0.25) is 0 Å². The second-order valence-electron chi connectivity index (χ2n) is 7.74. The van der Waals surface area contributed by atoms with Crippen molar-refractivity contribution in [3.05, 3.63) is 70.5 Å². The zero-order chi connectivity index (χ0) is 20.7. The molecule has 2 aromatic rings. The number of alkyl halides is 3. The van der Waals surface area contributed by atoms with E-state index in [1.165, 1.54) is 22.8 Å². The molecule has 0 amide bonds. The number of rotatable bonds is 4. The van der Waals surface area contributed by atoms with Crippen LogP contribution in [0.15, 0.2) is 59.4 Å². The highest BCUT2D eigenvalue weighted by molar-refractivity contribution is 7.15. The minimum Gasteiger partial charge on any atom is -0.354 e. The third-order valence-electron chi connectivity index (χ3n) is 5.95. The molecule has 0 unspecified atom stereocenters. The van der Waals surface area contributed by atoms with Crippen molar-refractivity contribution in [3.8, 4) is 0 Å². The Hall–Kier alpha value is -2.45. The van der Waals surface area contributed by atoms with Crippen molar-refractivity contribution in [1.82, 2.24) is 9.80 Å². The first-order valence-corrected chi connectivity index (χ1v) is 11.0. The molecule has 1 saturated heterocycles. The molecule has 0 saturated carbocycles. The Morgan fingerprint density at radius 1 is 1.03 bits per heavy atom. The van der Waals surface area contributed by atoms with Gasteiger partial charge in [0.15, 0.2) is 0 Å². The summed E-state index contributed by atoms with van der Waals surface area (Å²) in [6.07, 6.45) is 0.471. The van der Waals surface area contributed by atoms with E-state index in [9.17, 15) is 13.2 Å². The fourth-order valence-corrected chi connectivity index (χ4v) is 5.26. The first-order valence-electron chi connectivity index (χ1n) is 10.2. The SMILES string of the molecule is FC(F)(F)c1ccccc1CCN1CCN(C2=C3C=CCN3c3sccc3N2)CC1. The Balaban J connectivity index is 1.22. The van der Waals surface area contributed by atoms with Crippen LogP contribution in [0.2, 0.25) is 0 Å². The molecule has 1 aromatic heterocycles. The number of fused-ring (bicyclic) bond motifs is 3. The number of piperazine rings is 1. The van der Waals surface area contributed by atoms with Gasteiger partial charge >= 0.3 is 6.18 Å². The maximum Gasteiger partial charge on any atom is 0.416 e. The summed E-state index contributed by atoms with van der Waals surface area (Å²) in [5.74, 6) is 1.14. The molecule has 30 heavy (non-hydrogen) atoms. The van der Waals surface area contributed by atoms with E-state index in [1.54, 1.807) is 23.5 Å². The predicted molar refractivity (Wildman–Crippen MR) is 115 cm³/mol. The Labute approximate surface area is 177 Å². The number of benzene rings is 1. The van der Waals surface area contributed by atoms with Crippen LogP contribution in [-0.4, -0.2) is 49.1 Å². The van der Waals surface area contributed by atoms with Crippen LogP contribution in [0.1, 0.15) is 11.1 Å². The standard InChI is InChI=1S/C22H23F3N4S/c23-22(24,25)17-5-2-1-4-16(17)7-10-27-11-13-28(14-12-27)20-19-6-3-9-29(19)21-18(26-20)8-15-30-21/h1-6,8,15,26H,7,9-14H2. The number of anilines is 2. The molecule has 0 radical (unpaired) electrons. The summed E-state index contributed by atoms with van der Waals surface area (Å²) in [5, 5.41) is 6.95. The molecule has 4 nitrogen and oxygen atoms in total. The molecule has 3 aliphatic heterocycles. The van der Waals surface area contributed by atoms with E-state index in [-0.39, 0.29) is 0 Å². The lowest BCUT2D eigenvalue weighted by molar-refractivity contribution is -0.138. The van der Waals surface area contributed by atoms with Crippen LogP contribution in [-0.2, 0) is 12.6 Å². The number of nitrogens with zero attached hydrogens (tertiary/aromatic N) is 3. The Morgan fingerprint density at radius 3 is 2.63 bits per heavy atom. The molecule has 4 heterocycles. The molecule has 8 heteroatoms. The van der Waals surface area contributed by atoms with Crippen molar-refractivity contribution in [2.24, 2.45) is 0 Å². The van der Waals surface area contributed by atoms with Gasteiger partial charge in [0, 0.05) is 39.3 Å². The molecule has 0 aliphatic carbocycles. The summed E-state index contributed by atoms with van der Waals surface area (Å²) in [6, 6.07) is 8.03. The van der Waals surface area contributed by atoms with Gasteiger partial charge in [0.05, 0.1) is 16.9 Å². The molecular weight excluding hydrogens is 409 g/mol. The molecule has 5 rings (SSSR count). The summed E-state index contributed by atoms with van der Waals surface area (Å²) in [4.78, 5) is 6.96. The van der Waals surface area contributed by atoms with Crippen molar-refractivity contribution in [3.63, 3.8) is 0 Å². The highest BCUT2D eigenvalue weighted by atomic mass is 32.1. The predicted octanol–water partition coefficient (Wildman–Crippen LogP) is 4.60. The first-order chi connectivity index (χ1) is 14.5. The van der Waals surface area contributed by atoms with Gasteiger partial charge in [-0.3, -0.25) is 4.90 Å². The molecular formula is C22H23F3N4S. The summed E-state index contributed by atoms with van der Waals surface area (Å²) >= 11 is 1.74. The number of halogens is 3. The van der Waals surface area contributed by atoms with Gasteiger partial charge in [0.25, 0.3) is 0 Å². The molecule has 1 aromatic carbocycles. The zero-order valence-electron chi connectivity index (χ0n) is 16.5. The Bertz CT molecular complexity index is 986. The van der Waals surface area contributed by atoms with Crippen LogP contribution in [0.25, 0.3) is 0 Å². The first kappa shape index (κ1) is 19.5. The average Bonchev–Trinajstić information content (AvgIpc) is 3.40. The van der Waals surface area contributed by atoms with Gasteiger partial charge in [0.1, 0.15) is 10.8 Å². The normalized spacial score (nSPS) is 19.2. The van der Waals surface area contributed by atoms with Crippen molar-refractivity contribution < 1.29 is 13.2 Å². The van der Waals surface area contributed by atoms with Crippen molar-refractivity contribution >= 4 is 22.0 Å². The third-order valence-corrected chi connectivity index (χ3v) is 6.88. The van der Waals surface area contributed by atoms with E-state index >= 15 is 0 Å². The van der Waals surface area contributed by atoms with E-state index in [0.29, 0.717) is 18.5 Å². The average molecular weight is 433 g/mol. The lowest BCUT2D eigenvalue weighted by Gasteiger charge is -2.40. The Morgan fingerprint density at radius 2 is 1.83 bits per heavy atom. The molecule has 1 fully saturated rings. The zero-order valence-corrected chi connectivity index (χ0v) is 17.3. The van der Waals surface area contributed by atoms with Crippen LogP contribution in [0, 0.1) is 0 Å². The van der Waals surface area contributed by atoms with Gasteiger partial charge in [-0.05, 0) is 35.6 Å². The van der Waals surface area contributed by atoms with Crippen LogP contribution < -0.4 is 10.2 Å². The van der Waals surface area contributed by atoms with E-state index in [4.69, 9.17) is 0 Å². The van der Waals surface area contributed by atoms with Crippen LogP contribution in [0.5, 0.6) is 0 Å². The Kier molecular flexibility index (Phi) is 4.99. The number of thiophene rings is 1. The number of allylic oxidation sites excluding steroid dienone is 1. The minimum absolute atomic E-state index is 0.378. The monoisotopic (exact) mass is 432 g/mol. The van der Waals surface area contributed by atoms with Crippen molar-refractivity contribution in [2.45, 2.75) is 12.6 Å². The van der Waals surface area contributed by atoms with E-state index in [2.05, 4.69) is 43.6 Å². The van der Waals surface area contributed by atoms with E-state index < -0.39 is 11.7 Å². The summed E-state index contributed by atoms with van der Waals surface area (Å²) in [5.41, 5.74) is 2.22. The largest absolute Gasteiger partial charge is 0.416 e. The molecule has 158 valence electrons. The van der Waals surface area contributed by atoms with E-state index in [1.807, 2.05) is 0 Å². The van der Waals surface area contributed by atoms with Crippen molar-refractivity contribution in [1.29, 1.82) is 0 Å². The van der Waals surface area contributed by atoms with Crippen LogP contribution in [0.4, 0.5) is 23.9 Å². The number of nitrogens with one attached hydrogen (secondary N) is 1. The maximum atomic E-state index is 13.2. The molecule has 0 atom stereocenters. The van der Waals surface area contributed by atoms with Crippen LogP contribution in [0.3, 0.4) is 0 Å². The number of hydrogen-bond donors (Lipinski definition) is 1. The highest BCUT2D eigenvalue weighted by Crippen LogP contribution is 2.42. The fourth-order valence-electron chi connectivity index (χ4n) is 4.38. The second kappa shape index (κ2) is 7.67. The molecule has 0 spiro atoms.